The van der Waals surface area contributed by atoms with Gasteiger partial charge in [-0.05, 0) is 78.2 Å². The van der Waals surface area contributed by atoms with Gasteiger partial charge in [0.15, 0.2) is 4.80 Å². The molecule has 9 heteroatoms. The zero-order chi connectivity index (χ0) is 36.6. The van der Waals surface area contributed by atoms with Crippen molar-refractivity contribution >= 4 is 50.1 Å². The predicted molar refractivity (Wildman–Crippen MR) is 215 cm³/mol. The van der Waals surface area contributed by atoms with Gasteiger partial charge in [0.2, 0.25) is 0 Å². The molecular formula is C44H34BrN3O4S. The summed E-state index contributed by atoms with van der Waals surface area (Å²) in [6, 6.07) is 41.7. The highest BCUT2D eigenvalue weighted by Crippen LogP contribution is 2.41. The average Bonchev–Trinajstić information content (AvgIpc) is 3.71. The summed E-state index contributed by atoms with van der Waals surface area (Å²) in [7, 11) is 1.60. The Labute approximate surface area is 318 Å². The van der Waals surface area contributed by atoms with Crippen molar-refractivity contribution in [1.82, 2.24) is 9.13 Å². The molecule has 1 aliphatic rings. The van der Waals surface area contributed by atoms with Gasteiger partial charge in [0.25, 0.3) is 5.56 Å². The van der Waals surface area contributed by atoms with Crippen LogP contribution in [0.2, 0.25) is 0 Å². The number of benzene rings is 5. The number of esters is 1. The molecule has 1 aliphatic heterocycles. The van der Waals surface area contributed by atoms with Crippen molar-refractivity contribution in [2.45, 2.75) is 19.9 Å². The standard InChI is InChI=1S/C44H34BrN3O4S/c1-4-52-43(50)38-27(2)46-44-48(41(38)39-34-18-12-11-13-28(34)19-24-36(39)51-3)42(49)37(53-44)26-31-25-35(29-14-7-5-8-15-29)47(33-22-20-32(45)21-23-33)40(31)30-16-9-6-10-17-30/h5-26,41H,4H2,1-3H3/b37-26-/t41-/m0/s1. The fourth-order valence-electron chi connectivity index (χ4n) is 7.15. The third kappa shape index (κ3) is 6.15. The highest BCUT2D eigenvalue weighted by atomic mass is 79.9. The SMILES string of the molecule is CCOC(=O)C1=C(C)N=c2s/c(=C\c3cc(-c4ccccc4)n(-c4ccc(Br)cc4)c3-c3ccccc3)c(=O)n2[C@@H]1c1c(OC)ccc2ccccc12. The van der Waals surface area contributed by atoms with Crippen molar-refractivity contribution in [3.63, 3.8) is 0 Å². The molecular weight excluding hydrogens is 746 g/mol. The van der Waals surface area contributed by atoms with Crippen LogP contribution in [-0.4, -0.2) is 28.8 Å². The van der Waals surface area contributed by atoms with E-state index in [1.165, 1.54) is 11.3 Å². The molecule has 262 valence electrons. The second kappa shape index (κ2) is 14.3. The summed E-state index contributed by atoms with van der Waals surface area (Å²) in [5, 5.41) is 1.83. The first-order valence-electron chi connectivity index (χ1n) is 17.3. The Hall–Kier alpha value is -5.77. The van der Waals surface area contributed by atoms with Gasteiger partial charge in [-0.3, -0.25) is 9.36 Å². The van der Waals surface area contributed by atoms with Crippen LogP contribution in [0.3, 0.4) is 0 Å². The van der Waals surface area contributed by atoms with Gasteiger partial charge < -0.3 is 14.0 Å². The Kier molecular flexibility index (Phi) is 9.28. The van der Waals surface area contributed by atoms with E-state index < -0.39 is 12.0 Å². The van der Waals surface area contributed by atoms with E-state index in [0.717, 1.165) is 49.0 Å². The van der Waals surface area contributed by atoms with E-state index in [0.29, 0.717) is 31.9 Å². The normalized spacial score (nSPS) is 14.3. The number of aromatic nitrogens is 2. The number of thiazole rings is 1. The molecule has 0 saturated carbocycles. The van der Waals surface area contributed by atoms with Gasteiger partial charge in [0.1, 0.15) is 11.8 Å². The van der Waals surface area contributed by atoms with Crippen LogP contribution in [0.1, 0.15) is 31.0 Å². The third-order valence-electron chi connectivity index (χ3n) is 9.46. The number of hydrogen-bond donors (Lipinski definition) is 0. The first kappa shape index (κ1) is 34.3. The molecule has 7 aromatic rings. The minimum atomic E-state index is -0.839. The number of allylic oxidation sites excluding steroid dienone is 1. The molecule has 0 N–H and O–H groups in total. The summed E-state index contributed by atoms with van der Waals surface area (Å²) >= 11 is 4.90. The van der Waals surface area contributed by atoms with Crippen molar-refractivity contribution in [3.8, 4) is 34.0 Å². The molecule has 2 aromatic heterocycles. The van der Waals surface area contributed by atoms with Gasteiger partial charge in [-0.15, -0.1) is 0 Å². The maximum atomic E-state index is 14.9. The van der Waals surface area contributed by atoms with E-state index in [4.69, 9.17) is 14.5 Å². The molecule has 5 aromatic carbocycles. The number of carbonyl (C=O) groups is 1. The van der Waals surface area contributed by atoms with Crippen LogP contribution < -0.4 is 19.6 Å². The van der Waals surface area contributed by atoms with Crippen molar-refractivity contribution in [2.24, 2.45) is 4.99 Å². The van der Waals surface area contributed by atoms with E-state index in [1.54, 1.807) is 25.5 Å². The highest BCUT2D eigenvalue weighted by molar-refractivity contribution is 9.10. The number of hydrogen-bond acceptors (Lipinski definition) is 6. The number of fused-ring (bicyclic) bond motifs is 2. The number of methoxy groups -OCH3 is 1. The quantitative estimate of drug-likeness (QED) is 0.145. The minimum Gasteiger partial charge on any atom is -0.496 e. The van der Waals surface area contributed by atoms with E-state index in [9.17, 15) is 9.59 Å². The molecule has 8 rings (SSSR count). The highest BCUT2D eigenvalue weighted by Gasteiger charge is 2.36. The number of rotatable bonds is 8. The lowest BCUT2D eigenvalue weighted by Gasteiger charge is -2.27. The van der Waals surface area contributed by atoms with Crippen LogP contribution in [0.25, 0.3) is 45.1 Å². The van der Waals surface area contributed by atoms with E-state index in [2.05, 4.69) is 63.0 Å². The van der Waals surface area contributed by atoms with Crippen LogP contribution in [0.5, 0.6) is 5.75 Å². The van der Waals surface area contributed by atoms with E-state index in [1.807, 2.05) is 91.0 Å². The number of ether oxygens (including phenoxy) is 2. The Morgan fingerprint density at radius 2 is 1.57 bits per heavy atom. The molecule has 0 aliphatic carbocycles. The summed E-state index contributed by atoms with van der Waals surface area (Å²) in [5.74, 6) is 0.0404. The lowest BCUT2D eigenvalue weighted by Crippen LogP contribution is -2.40. The fourth-order valence-corrected chi connectivity index (χ4v) is 8.45. The summed E-state index contributed by atoms with van der Waals surface area (Å²) < 4.78 is 16.9. The molecule has 53 heavy (non-hydrogen) atoms. The monoisotopic (exact) mass is 779 g/mol. The number of halogens is 1. The van der Waals surface area contributed by atoms with Crippen molar-refractivity contribution in [1.29, 1.82) is 0 Å². The van der Waals surface area contributed by atoms with Crippen LogP contribution in [0.4, 0.5) is 0 Å². The average molecular weight is 781 g/mol. The van der Waals surface area contributed by atoms with Crippen LogP contribution in [0.15, 0.2) is 153 Å². The smallest absolute Gasteiger partial charge is 0.338 e. The van der Waals surface area contributed by atoms with Gasteiger partial charge in [-0.2, -0.15) is 0 Å². The van der Waals surface area contributed by atoms with E-state index >= 15 is 0 Å². The summed E-state index contributed by atoms with van der Waals surface area (Å²) in [6.07, 6.45) is 1.95. The fraction of sp³-hybridized carbons (Fsp3) is 0.114. The van der Waals surface area contributed by atoms with Crippen LogP contribution in [-0.2, 0) is 9.53 Å². The minimum absolute atomic E-state index is 0.181. The van der Waals surface area contributed by atoms with E-state index in [-0.39, 0.29) is 12.2 Å². The molecule has 1 atom stereocenters. The molecule has 7 nitrogen and oxygen atoms in total. The molecule has 0 bridgehead atoms. The molecule has 3 heterocycles. The Morgan fingerprint density at radius 3 is 2.26 bits per heavy atom. The van der Waals surface area contributed by atoms with Gasteiger partial charge in [0.05, 0.1) is 40.9 Å². The van der Waals surface area contributed by atoms with Crippen LogP contribution in [0, 0.1) is 0 Å². The molecule has 0 unspecified atom stereocenters. The predicted octanol–water partition coefficient (Wildman–Crippen LogP) is 8.85. The summed E-state index contributed by atoms with van der Waals surface area (Å²) in [4.78, 5) is 34.1. The first-order chi connectivity index (χ1) is 25.9. The first-order valence-corrected chi connectivity index (χ1v) is 18.9. The Morgan fingerprint density at radius 1 is 0.887 bits per heavy atom. The lowest BCUT2D eigenvalue weighted by molar-refractivity contribution is -0.139. The number of nitrogens with zero attached hydrogens (tertiary/aromatic N) is 3. The Bertz CT molecular complexity index is 2730. The topological polar surface area (TPSA) is 74.8 Å². The zero-order valence-electron chi connectivity index (χ0n) is 29.2. The number of carbonyl (C=O) groups excluding carboxylic acids is 1. The maximum Gasteiger partial charge on any atom is 0.338 e. The molecule has 0 fully saturated rings. The largest absolute Gasteiger partial charge is 0.496 e. The molecule has 0 spiro atoms. The maximum absolute atomic E-state index is 14.9. The van der Waals surface area contributed by atoms with Gasteiger partial charge >= 0.3 is 5.97 Å². The van der Waals surface area contributed by atoms with Crippen molar-refractivity contribution < 1.29 is 14.3 Å². The van der Waals surface area contributed by atoms with Crippen molar-refractivity contribution in [2.75, 3.05) is 13.7 Å². The second-order valence-corrected chi connectivity index (χ2v) is 14.5. The second-order valence-electron chi connectivity index (χ2n) is 12.6. The van der Waals surface area contributed by atoms with Gasteiger partial charge in [-0.1, -0.05) is 118 Å². The third-order valence-corrected chi connectivity index (χ3v) is 11.0. The molecule has 0 saturated heterocycles. The van der Waals surface area contributed by atoms with Crippen LogP contribution >= 0.6 is 27.3 Å². The Balaban J connectivity index is 1.43. The molecule has 0 amide bonds. The summed E-state index contributed by atoms with van der Waals surface area (Å²) in [5.41, 5.74) is 7.02. The van der Waals surface area contributed by atoms with Gasteiger partial charge in [0, 0.05) is 21.3 Å². The summed E-state index contributed by atoms with van der Waals surface area (Å²) in [6.45, 7) is 3.75. The van der Waals surface area contributed by atoms with Gasteiger partial charge in [-0.25, -0.2) is 9.79 Å². The van der Waals surface area contributed by atoms with Crippen molar-refractivity contribution in [3.05, 3.63) is 174 Å². The lowest BCUT2D eigenvalue weighted by atomic mass is 9.90. The molecule has 0 radical (unpaired) electrons. The zero-order valence-corrected chi connectivity index (χ0v) is 31.6.